The lowest BCUT2D eigenvalue weighted by Crippen LogP contribution is -2.32. The van der Waals surface area contributed by atoms with Crippen molar-refractivity contribution in [3.63, 3.8) is 0 Å². The Morgan fingerprint density at radius 2 is 1.92 bits per heavy atom. The second-order valence-electron chi connectivity index (χ2n) is 4.97. The normalized spacial score (nSPS) is 10.7. The highest BCUT2D eigenvalue weighted by atomic mass is 32.2. The highest BCUT2D eigenvalue weighted by molar-refractivity contribution is 7.89. The number of anilines is 1. The van der Waals surface area contributed by atoms with E-state index in [-0.39, 0.29) is 4.90 Å². The van der Waals surface area contributed by atoms with Gasteiger partial charge in [0.05, 0.1) is 29.7 Å². The van der Waals surface area contributed by atoms with Gasteiger partial charge in [-0.15, -0.1) is 0 Å². The summed E-state index contributed by atoms with van der Waals surface area (Å²) in [6.45, 7) is 1.89. The Morgan fingerprint density at radius 3 is 2.56 bits per heavy atom. The van der Waals surface area contributed by atoms with E-state index in [4.69, 9.17) is 10.00 Å². The molecule has 2 N–H and O–H groups in total. The van der Waals surface area contributed by atoms with Crippen molar-refractivity contribution in [1.29, 1.82) is 5.26 Å². The third kappa shape index (κ3) is 5.31. The van der Waals surface area contributed by atoms with Crippen LogP contribution < -0.4 is 14.8 Å². The molecule has 0 saturated heterocycles. The molecule has 2 aromatic carbocycles. The van der Waals surface area contributed by atoms with E-state index in [1.165, 1.54) is 18.2 Å². The summed E-state index contributed by atoms with van der Waals surface area (Å²) in [6, 6.07) is 14.2. The summed E-state index contributed by atoms with van der Waals surface area (Å²) in [5, 5.41) is 11.4. The Balaban J connectivity index is 1.96. The number of amides is 1. The molecule has 8 heteroatoms. The second kappa shape index (κ2) is 8.28. The second-order valence-corrected chi connectivity index (χ2v) is 6.74. The van der Waals surface area contributed by atoms with Gasteiger partial charge in [0.2, 0.25) is 15.9 Å². The van der Waals surface area contributed by atoms with Crippen molar-refractivity contribution < 1.29 is 17.9 Å². The Labute approximate surface area is 146 Å². The fourth-order valence-corrected chi connectivity index (χ4v) is 2.98. The van der Waals surface area contributed by atoms with Gasteiger partial charge in [0.1, 0.15) is 5.75 Å². The van der Waals surface area contributed by atoms with E-state index in [0.29, 0.717) is 23.6 Å². The number of nitrogens with zero attached hydrogens (tertiary/aromatic N) is 1. The predicted octanol–water partition coefficient (Wildman–Crippen LogP) is 1.87. The van der Waals surface area contributed by atoms with Crippen LogP contribution in [-0.4, -0.2) is 27.5 Å². The van der Waals surface area contributed by atoms with Gasteiger partial charge in [-0.2, -0.15) is 5.26 Å². The van der Waals surface area contributed by atoms with Gasteiger partial charge in [-0.05, 0) is 49.4 Å². The molecule has 1 amide bonds. The van der Waals surface area contributed by atoms with Crippen LogP contribution in [0.2, 0.25) is 0 Å². The molecule has 0 aliphatic carbocycles. The molecule has 0 unspecified atom stereocenters. The van der Waals surface area contributed by atoms with Crippen molar-refractivity contribution in [1.82, 2.24) is 4.72 Å². The van der Waals surface area contributed by atoms with Crippen molar-refractivity contribution in [2.24, 2.45) is 0 Å². The highest BCUT2D eigenvalue weighted by Crippen LogP contribution is 2.15. The quantitative estimate of drug-likeness (QED) is 0.784. The third-order valence-electron chi connectivity index (χ3n) is 3.14. The van der Waals surface area contributed by atoms with Gasteiger partial charge in [0, 0.05) is 5.69 Å². The molecule has 7 nitrogen and oxygen atoms in total. The summed E-state index contributed by atoms with van der Waals surface area (Å²) in [4.78, 5) is 11.9. The van der Waals surface area contributed by atoms with E-state index in [9.17, 15) is 13.2 Å². The largest absolute Gasteiger partial charge is 0.494 e. The number of carbonyl (C=O) groups excluding carboxylic acids is 1. The summed E-state index contributed by atoms with van der Waals surface area (Å²) in [5.41, 5.74) is 0.817. The Hall–Kier alpha value is -2.89. The zero-order valence-corrected chi connectivity index (χ0v) is 14.3. The number of hydrogen-bond donors (Lipinski definition) is 2. The molecule has 0 fully saturated rings. The van der Waals surface area contributed by atoms with Gasteiger partial charge in [0.15, 0.2) is 0 Å². The maximum Gasteiger partial charge on any atom is 0.241 e. The standard InChI is InChI=1S/C17H17N3O4S/c1-2-24-15-6-8-16(9-7-15)25(22,23)19-12-17(21)20-14-5-3-4-13(10-14)11-18/h3-10,19H,2,12H2,1H3,(H,20,21). The van der Waals surface area contributed by atoms with Crippen molar-refractivity contribution >= 4 is 21.6 Å². The molecule has 0 aliphatic heterocycles. The number of benzene rings is 2. The number of sulfonamides is 1. The molecule has 0 bridgehead atoms. The average molecular weight is 359 g/mol. The fourth-order valence-electron chi connectivity index (χ4n) is 2.00. The first-order valence-corrected chi connectivity index (χ1v) is 8.95. The minimum absolute atomic E-state index is 0.0373. The first kappa shape index (κ1) is 18.4. The Bertz CT molecular complexity index is 887. The lowest BCUT2D eigenvalue weighted by Gasteiger charge is -2.09. The van der Waals surface area contributed by atoms with Gasteiger partial charge in [-0.3, -0.25) is 4.79 Å². The molecule has 0 spiro atoms. The molecule has 0 radical (unpaired) electrons. The number of hydrogen-bond acceptors (Lipinski definition) is 5. The average Bonchev–Trinajstić information content (AvgIpc) is 2.61. The maximum atomic E-state index is 12.2. The van der Waals surface area contributed by atoms with Gasteiger partial charge >= 0.3 is 0 Å². The Morgan fingerprint density at radius 1 is 1.20 bits per heavy atom. The molecular formula is C17H17N3O4S. The lowest BCUT2D eigenvalue weighted by molar-refractivity contribution is -0.115. The van der Waals surface area contributed by atoms with Crippen LogP contribution in [0, 0.1) is 11.3 Å². The molecular weight excluding hydrogens is 342 g/mol. The van der Waals surface area contributed by atoms with Crippen molar-refractivity contribution in [2.45, 2.75) is 11.8 Å². The summed E-state index contributed by atoms with van der Waals surface area (Å²) < 4.78 is 31.9. The fraction of sp³-hybridized carbons (Fsp3) is 0.176. The molecule has 2 aromatic rings. The van der Waals surface area contributed by atoms with Gasteiger partial charge in [-0.25, -0.2) is 13.1 Å². The van der Waals surface area contributed by atoms with Crippen molar-refractivity contribution in [2.75, 3.05) is 18.5 Å². The number of rotatable bonds is 7. The van der Waals surface area contributed by atoms with Crippen LogP contribution in [-0.2, 0) is 14.8 Å². The minimum atomic E-state index is -3.81. The molecule has 0 atom stereocenters. The molecule has 0 saturated carbocycles. The van der Waals surface area contributed by atoms with E-state index < -0.39 is 22.5 Å². The van der Waals surface area contributed by atoms with Gasteiger partial charge in [-0.1, -0.05) is 6.07 Å². The van der Waals surface area contributed by atoms with E-state index in [2.05, 4.69) is 10.0 Å². The van der Waals surface area contributed by atoms with Gasteiger partial charge in [0.25, 0.3) is 0 Å². The Kier molecular flexibility index (Phi) is 6.11. The first-order chi connectivity index (χ1) is 11.9. The minimum Gasteiger partial charge on any atom is -0.494 e. The molecule has 0 aromatic heterocycles. The van der Waals surface area contributed by atoms with Crippen LogP contribution in [0.25, 0.3) is 0 Å². The van der Waals surface area contributed by atoms with Crippen LogP contribution in [0.15, 0.2) is 53.4 Å². The lowest BCUT2D eigenvalue weighted by atomic mass is 10.2. The molecule has 0 heterocycles. The van der Waals surface area contributed by atoms with Crippen LogP contribution >= 0.6 is 0 Å². The first-order valence-electron chi connectivity index (χ1n) is 7.47. The smallest absolute Gasteiger partial charge is 0.241 e. The van der Waals surface area contributed by atoms with E-state index in [0.717, 1.165) is 0 Å². The van der Waals surface area contributed by atoms with E-state index in [1.807, 2.05) is 13.0 Å². The molecule has 25 heavy (non-hydrogen) atoms. The highest BCUT2D eigenvalue weighted by Gasteiger charge is 2.15. The number of nitrogens with one attached hydrogen (secondary N) is 2. The number of ether oxygens (including phenoxy) is 1. The summed E-state index contributed by atoms with van der Waals surface area (Å²) in [6.07, 6.45) is 0. The van der Waals surface area contributed by atoms with Crippen molar-refractivity contribution in [3.8, 4) is 11.8 Å². The topological polar surface area (TPSA) is 108 Å². The predicted molar refractivity (Wildman–Crippen MR) is 92.6 cm³/mol. The zero-order valence-electron chi connectivity index (χ0n) is 13.5. The van der Waals surface area contributed by atoms with E-state index >= 15 is 0 Å². The molecule has 2 rings (SSSR count). The van der Waals surface area contributed by atoms with Crippen LogP contribution in [0.5, 0.6) is 5.75 Å². The molecule has 130 valence electrons. The van der Waals surface area contributed by atoms with E-state index in [1.54, 1.807) is 30.3 Å². The monoisotopic (exact) mass is 359 g/mol. The van der Waals surface area contributed by atoms with Gasteiger partial charge < -0.3 is 10.1 Å². The third-order valence-corrected chi connectivity index (χ3v) is 4.56. The zero-order chi connectivity index (χ0) is 18.3. The molecule has 0 aliphatic rings. The number of nitriles is 1. The maximum absolute atomic E-state index is 12.2. The summed E-state index contributed by atoms with van der Waals surface area (Å²) in [7, 11) is -3.81. The SMILES string of the molecule is CCOc1ccc(S(=O)(=O)NCC(=O)Nc2cccc(C#N)c2)cc1. The van der Waals surface area contributed by atoms with Crippen LogP contribution in [0.4, 0.5) is 5.69 Å². The summed E-state index contributed by atoms with van der Waals surface area (Å²) >= 11 is 0. The van der Waals surface area contributed by atoms with Crippen LogP contribution in [0.3, 0.4) is 0 Å². The van der Waals surface area contributed by atoms with Crippen molar-refractivity contribution in [3.05, 3.63) is 54.1 Å². The number of carbonyl (C=O) groups is 1. The van der Waals surface area contributed by atoms with Crippen LogP contribution in [0.1, 0.15) is 12.5 Å². The summed E-state index contributed by atoms with van der Waals surface area (Å²) in [5.74, 6) is 0.0289.